The Labute approximate surface area is 87.6 Å². The lowest BCUT2D eigenvalue weighted by atomic mass is 10.2. The number of aryl methyl sites for hydroxylation is 1. The second-order valence-electron chi connectivity index (χ2n) is 3.01. The molecule has 0 aromatic heterocycles. The van der Waals surface area contributed by atoms with Crippen LogP contribution in [-0.4, -0.2) is 16.8 Å². The minimum Gasteiger partial charge on any atom is -0.478 e. The van der Waals surface area contributed by atoms with Crippen molar-refractivity contribution in [2.45, 2.75) is 11.8 Å². The molecule has 1 N–H and O–H groups in total. The Morgan fingerprint density at radius 1 is 1.43 bits per heavy atom. The maximum Gasteiger partial charge on any atom is 0.331 e. The van der Waals surface area contributed by atoms with Crippen molar-refractivity contribution >= 4 is 17.7 Å². The largest absolute Gasteiger partial charge is 0.478 e. The molecule has 0 saturated carbocycles. The van der Waals surface area contributed by atoms with E-state index in [0.717, 1.165) is 4.90 Å². The van der Waals surface area contributed by atoms with Crippen LogP contribution in [0.5, 0.6) is 0 Å². The monoisotopic (exact) mass is 208 g/mol. The maximum atomic E-state index is 10.5. The standard InChI is InChI=1S/C11H12O2S/c1-8-3-5-10(6-4-8)14-7-9(2)11(12)13/h3-6H,2,7H2,1H3,(H,12,13). The van der Waals surface area contributed by atoms with E-state index in [-0.39, 0.29) is 5.57 Å². The van der Waals surface area contributed by atoms with E-state index in [1.54, 1.807) is 0 Å². The van der Waals surface area contributed by atoms with Crippen molar-refractivity contribution in [2.75, 3.05) is 5.75 Å². The molecule has 0 amide bonds. The van der Waals surface area contributed by atoms with Crippen LogP contribution in [0.2, 0.25) is 0 Å². The molecule has 0 atom stereocenters. The highest BCUT2D eigenvalue weighted by atomic mass is 32.2. The highest BCUT2D eigenvalue weighted by Gasteiger charge is 2.03. The lowest BCUT2D eigenvalue weighted by Gasteiger charge is -2.01. The van der Waals surface area contributed by atoms with Crippen molar-refractivity contribution in [1.82, 2.24) is 0 Å². The summed E-state index contributed by atoms with van der Waals surface area (Å²) in [5.41, 5.74) is 1.43. The number of carboxylic acids is 1. The average Bonchev–Trinajstić information content (AvgIpc) is 2.16. The third-order valence-corrected chi connectivity index (χ3v) is 2.83. The van der Waals surface area contributed by atoms with Crippen LogP contribution in [0.3, 0.4) is 0 Å². The zero-order valence-electron chi connectivity index (χ0n) is 7.99. The van der Waals surface area contributed by atoms with Gasteiger partial charge in [0.1, 0.15) is 0 Å². The molecule has 0 spiro atoms. The van der Waals surface area contributed by atoms with Gasteiger partial charge in [0.2, 0.25) is 0 Å². The van der Waals surface area contributed by atoms with E-state index in [1.165, 1.54) is 17.3 Å². The van der Waals surface area contributed by atoms with Gasteiger partial charge in [0.25, 0.3) is 0 Å². The van der Waals surface area contributed by atoms with Gasteiger partial charge in [-0.3, -0.25) is 0 Å². The number of carbonyl (C=O) groups is 1. The first-order valence-corrected chi connectivity index (χ1v) is 5.18. The molecule has 2 nitrogen and oxygen atoms in total. The Kier molecular flexibility index (Phi) is 3.77. The molecule has 0 heterocycles. The van der Waals surface area contributed by atoms with Gasteiger partial charge in [-0.15, -0.1) is 11.8 Å². The molecule has 74 valence electrons. The summed E-state index contributed by atoms with van der Waals surface area (Å²) in [7, 11) is 0. The first kappa shape index (κ1) is 10.9. The number of aliphatic carboxylic acids is 1. The quantitative estimate of drug-likeness (QED) is 0.610. The minimum atomic E-state index is -0.926. The summed E-state index contributed by atoms with van der Waals surface area (Å²) >= 11 is 1.49. The maximum absolute atomic E-state index is 10.5. The molecular formula is C11H12O2S. The smallest absolute Gasteiger partial charge is 0.331 e. The Hall–Kier alpha value is -1.22. The van der Waals surface area contributed by atoms with Crippen molar-refractivity contribution in [3.8, 4) is 0 Å². The van der Waals surface area contributed by atoms with Gasteiger partial charge in [0.15, 0.2) is 0 Å². The SMILES string of the molecule is C=C(CSc1ccc(C)cc1)C(=O)O. The molecule has 0 aliphatic carbocycles. The van der Waals surface area contributed by atoms with E-state index >= 15 is 0 Å². The van der Waals surface area contributed by atoms with Gasteiger partial charge in [-0.2, -0.15) is 0 Å². The third kappa shape index (κ3) is 3.26. The second kappa shape index (κ2) is 4.86. The Morgan fingerprint density at radius 2 is 2.00 bits per heavy atom. The van der Waals surface area contributed by atoms with Gasteiger partial charge in [0.05, 0.1) is 0 Å². The highest BCUT2D eigenvalue weighted by molar-refractivity contribution is 7.99. The first-order chi connectivity index (χ1) is 6.59. The summed E-state index contributed by atoms with van der Waals surface area (Å²) in [4.78, 5) is 11.5. The zero-order chi connectivity index (χ0) is 10.6. The van der Waals surface area contributed by atoms with Crippen molar-refractivity contribution in [2.24, 2.45) is 0 Å². The number of thioether (sulfide) groups is 1. The van der Waals surface area contributed by atoms with Crippen LogP contribution in [0.25, 0.3) is 0 Å². The fourth-order valence-electron chi connectivity index (χ4n) is 0.867. The molecule has 0 fully saturated rings. The van der Waals surface area contributed by atoms with Crippen LogP contribution in [0.1, 0.15) is 5.56 Å². The molecule has 0 unspecified atom stereocenters. The van der Waals surface area contributed by atoms with Crippen LogP contribution in [-0.2, 0) is 4.79 Å². The van der Waals surface area contributed by atoms with E-state index in [2.05, 4.69) is 6.58 Å². The van der Waals surface area contributed by atoms with Crippen LogP contribution < -0.4 is 0 Å². The van der Waals surface area contributed by atoms with Crippen LogP contribution in [0.15, 0.2) is 41.3 Å². The lowest BCUT2D eigenvalue weighted by molar-refractivity contribution is -0.132. The average molecular weight is 208 g/mol. The molecule has 0 radical (unpaired) electrons. The second-order valence-corrected chi connectivity index (χ2v) is 4.06. The number of benzene rings is 1. The summed E-state index contributed by atoms with van der Waals surface area (Å²) in [5.74, 6) is -0.497. The summed E-state index contributed by atoms with van der Waals surface area (Å²) in [6.07, 6.45) is 0. The van der Waals surface area contributed by atoms with Crippen LogP contribution in [0, 0.1) is 6.92 Å². The minimum absolute atomic E-state index is 0.232. The molecule has 14 heavy (non-hydrogen) atoms. The van der Waals surface area contributed by atoms with Crippen molar-refractivity contribution < 1.29 is 9.90 Å². The van der Waals surface area contributed by atoms with E-state index < -0.39 is 5.97 Å². The predicted molar refractivity (Wildman–Crippen MR) is 58.7 cm³/mol. The third-order valence-electron chi connectivity index (χ3n) is 1.74. The molecule has 1 aromatic carbocycles. The normalized spacial score (nSPS) is 9.79. The van der Waals surface area contributed by atoms with Gasteiger partial charge in [0, 0.05) is 16.2 Å². The van der Waals surface area contributed by atoms with Crippen molar-refractivity contribution in [3.05, 3.63) is 42.0 Å². The number of hydrogen-bond donors (Lipinski definition) is 1. The Bertz CT molecular complexity index is 341. The zero-order valence-corrected chi connectivity index (χ0v) is 8.80. The van der Waals surface area contributed by atoms with Gasteiger partial charge in [-0.25, -0.2) is 4.79 Å². The lowest BCUT2D eigenvalue weighted by Crippen LogP contribution is -2.00. The summed E-state index contributed by atoms with van der Waals surface area (Å²) in [6.45, 7) is 5.48. The molecule has 0 saturated heterocycles. The molecule has 0 aliphatic rings. The Balaban J connectivity index is 2.50. The van der Waals surface area contributed by atoms with Crippen molar-refractivity contribution in [1.29, 1.82) is 0 Å². The van der Waals surface area contributed by atoms with Crippen LogP contribution >= 0.6 is 11.8 Å². The van der Waals surface area contributed by atoms with E-state index in [4.69, 9.17) is 5.11 Å². The molecule has 0 bridgehead atoms. The number of hydrogen-bond acceptors (Lipinski definition) is 2. The fourth-order valence-corrected chi connectivity index (χ4v) is 1.66. The number of rotatable bonds is 4. The molecule has 3 heteroatoms. The van der Waals surface area contributed by atoms with Crippen LogP contribution in [0.4, 0.5) is 0 Å². The van der Waals surface area contributed by atoms with Gasteiger partial charge >= 0.3 is 5.97 Å². The molecule has 1 aromatic rings. The van der Waals surface area contributed by atoms with E-state index in [9.17, 15) is 4.79 Å². The molecule has 1 rings (SSSR count). The predicted octanol–water partition coefficient (Wildman–Crippen LogP) is 2.73. The van der Waals surface area contributed by atoms with Gasteiger partial charge in [-0.05, 0) is 19.1 Å². The first-order valence-electron chi connectivity index (χ1n) is 4.20. The fraction of sp³-hybridized carbons (Fsp3) is 0.182. The summed E-state index contributed by atoms with van der Waals surface area (Å²) in [6, 6.07) is 7.97. The van der Waals surface area contributed by atoms with Gasteiger partial charge in [-0.1, -0.05) is 24.3 Å². The molecule has 0 aliphatic heterocycles. The summed E-state index contributed by atoms with van der Waals surface area (Å²) in [5, 5.41) is 8.59. The number of carboxylic acid groups (broad SMARTS) is 1. The summed E-state index contributed by atoms with van der Waals surface area (Å²) < 4.78 is 0. The van der Waals surface area contributed by atoms with E-state index in [1.807, 2.05) is 31.2 Å². The Morgan fingerprint density at radius 3 is 2.50 bits per heavy atom. The highest BCUT2D eigenvalue weighted by Crippen LogP contribution is 2.20. The molecular weight excluding hydrogens is 196 g/mol. The van der Waals surface area contributed by atoms with Crippen molar-refractivity contribution in [3.63, 3.8) is 0 Å². The van der Waals surface area contributed by atoms with E-state index in [0.29, 0.717) is 5.75 Å². The topological polar surface area (TPSA) is 37.3 Å². The van der Waals surface area contributed by atoms with Gasteiger partial charge < -0.3 is 5.11 Å².